The minimum absolute atomic E-state index is 0.195. The maximum absolute atomic E-state index is 10.4. The summed E-state index contributed by atoms with van der Waals surface area (Å²) in [5, 5.41) is 10.4. The molecule has 0 amide bonds. The lowest BCUT2D eigenvalue weighted by Gasteiger charge is -2.37. The minimum Gasteiger partial charge on any atom is -0.392 e. The average Bonchev–Trinajstić information content (AvgIpc) is 2.88. The van der Waals surface area contributed by atoms with Crippen LogP contribution in [0.5, 0.6) is 0 Å². The number of rotatable bonds is 10. The molecule has 1 heteroatoms. The van der Waals surface area contributed by atoms with Crippen molar-refractivity contribution in [3.63, 3.8) is 0 Å². The van der Waals surface area contributed by atoms with Crippen LogP contribution in [0.3, 0.4) is 0 Å². The molecule has 1 N–H and O–H groups in total. The van der Waals surface area contributed by atoms with Gasteiger partial charge in [0.25, 0.3) is 0 Å². The van der Waals surface area contributed by atoms with Crippen molar-refractivity contribution in [2.24, 2.45) is 10.8 Å². The molecule has 0 saturated heterocycles. The van der Waals surface area contributed by atoms with Gasteiger partial charge in [-0.15, -0.1) is 0 Å². The Balaban J connectivity index is 1.90. The van der Waals surface area contributed by atoms with Crippen molar-refractivity contribution in [3.05, 3.63) is 130 Å². The summed E-state index contributed by atoms with van der Waals surface area (Å²) in [7, 11) is 0. The number of aliphatic hydroxyl groups excluding tert-OH is 1. The zero-order valence-corrected chi connectivity index (χ0v) is 27.6. The van der Waals surface area contributed by atoms with Crippen molar-refractivity contribution >= 4 is 0 Å². The highest BCUT2D eigenvalue weighted by Gasteiger charge is 2.34. The summed E-state index contributed by atoms with van der Waals surface area (Å²) in [4.78, 5) is 0. The molecule has 0 bridgehead atoms. The van der Waals surface area contributed by atoms with Gasteiger partial charge < -0.3 is 5.11 Å². The number of aliphatic hydroxyl groups is 1. The molecule has 0 aliphatic heterocycles. The van der Waals surface area contributed by atoms with E-state index in [0.717, 1.165) is 12.8 Å². The van der Waals surface area contributed by atoms with E-state index >= 15 is 0 Å². The van der Waals surface area contributed by atoms with E-state index in [9.17, 15) is 5.11 Å². The molecule has 0 aromatic carbocycles. The average molecular weight is 553 g/mol. The second-order valence-corrected chi connectivity index (χ2v) is 13.3. The van der Waals surface area contributed by atoms with Crippen LogP contribution in [0.2, 0.25) is 0 Å². The predicted octanol–water partition coefficient (Wildman–Crippen LogP) is 11.6. The SMILES string of the molecule is CC(C=CC1=C(C)CCCC1(C)C)=CC=CC(C)=C/C=C/C=C(C)/C=C/C=C(C)/C=C/C1=C(C)CCC(O)C1(C)C. The zero-order chi connectivity index (χ0) is 30.6. The first-order chi connectivity index (χ1) is 19.2. The van der Waals surface area contributed by atoms with Crippen molar-refractivity contribution < 1.29 is 5.11 Å². The lowest BCUT2D eigenvalue weighted by atomic mass is 9.70. The molecule has 1 atom stereocenters. The molecule has 2 rings (SSSR count). The third kappa shape index (κ3) is 11.1. The molecular weight excluding hydrogens is 496 g/mol. The van der Waals surface area contributed by atoms with E-state index in [1.54, 1.807) is 5.57 Å². The summed E-state index contributed by atoms with van der Waals surface area (Å²) in [5.41, 5.74) is 10.7. The summed E-state index contributed by atoms with van der Waals surface area (Å²) in [6.07, 6.45) is 35.6. The Bertz CT molecular complexity index is 1250. The highest BCUT2D eigenvalue weighted by Crippen LogP contribution is 2.42. The van der Waals surface area contributed by atoms with Crippen molar-refractivity contribution in [3.8, 4) is 0 Å². The molecular formula is C40H56O. The Hall–Kier alpha value is -2.90. The molecule has 2 aliphatic carbocycles. The van der Waals surface area contributed by atoms with Gasteiger partial charge in [-0.05, 0) is 90.2 Å². The van der Waals surface area contributed by atoms with Gasteiger partial charge in [0.05, 0.1) is 6.10 Å². The lowest BCUT2D eigenvalue weighted by Crippen LogP contribution is -2.34. The van der Waals surface area contributed by atoms with Crippen LogP contribution in [0.25, 0.3) is 0 Å². The normalized spacial score (nSPS) is 23.5. The van der Waals surface area contributed by atoms with Gasteiger partial charge in [0.1, 0.15) is 0 Å². The van der Waals surface area contributed by atoms with E-state index in [-0.39, 0.29) is 16.9 Å². The Morgan fingerprint density at radius 2 is 1.07 bits per heavy atom. The predicted molar refractivity (Wildman–Crippen MR) is 183 cm³/mol. The van der Waals surface area contributed by atoms with Gasteiger partial charge in [0.2, 0.25) is 0 Å². The molecule has 0 fully saturated rings. The fraction of sp³-hybridized carbons (Fsp3) is 0.450. The molecule has 41 heavy (non-hydrogen) atoms. The number of hydrogen-bond acceptors (Lipinski definition) is 1. The van der Waals surface area contributed by atoms with Crippen LogP contribution in [0, 0.1) is 10.8 Å². The summed E-state index contributed by atoms with van der Waals surface area (Å²) < 4.78 is 0. The summed E-state index contributed by atoms with van der Waals surface area (Å²) >= 11 is 0. The lowest BCUT2D eigenvalue weighted by molar-refractivity contribution is 0.0607. The maximum atomic E-state index is 10.4. The van der Waals surface area contributed by atoms with Gasteiger partial charge in [0.15, 0.2) is 0 Å². The summed E-state index contributed by atoms with van der Waals surface area (Å²) in [6.45, 7) is 22.0. The highest BCUT2D eigenvalue weighted by atomic mass is 16.3. The molecule has 0 heterocycles. The second-order valence-electron chi connectivity index (χ2n) is 13.3. The van der Waals surface area contributed by atoms with E-state index < -0.39 is 0 Å². The van der Waals surface area contributed by atoms with Crippen LogP contribution >= 0.6 is 0 Å². The van der Waals surface area contributed by atoms with Gasteiger partial charge >= 0.3 is 0 Å². The van der Waals surface area contributed by atoms with Crippen molar-refractivity contribution in [2.75, 3.05) is 0 Å². The van der Waals surface area contributed by atoms with E-state index in [0.29, 0.717) is 0 Å². The topological polar surface area (TPSA) is 20.2 Å². The molecule has 0 radical (unpaired) electrons. The van der Waals surface area contributed by atoms with Crippen LogP contribution in [0.1, 0.15) is 101 Å². The monoisotopic (exact) mass is 552 g/mol. The van der Waals surface area contributed by atoms with E-state index in [2.05, 4.69) is 154 Å². The second kappa shape index (κ2) is 15.9. The van der Waals surface area contributed by atoms with Crippen molar-refractivity contribution in [1.29, 1.82) is 0 Å². The Morgan fingerprint density at radius 1 is 0.634 bits per heavy atom. The van der Waals surface area contributed by atoms with Gasteiger partial charge in [-0.3, -0.25) is 0 Å². The summed E-state index contributed by atoms with van der Waals surface area (Å²) in [5.74, 6) is 0. The highest BCUT2D eigenvalue weighted by molar-refractivity contribution is 5.39. The van der Waals surface area contributed by atoms with Crippen molar-refractivity contribution in [1.82, 2.24) is 0 Å². The van der Waals surface area contributed by atoms with Gasteiger partial charge in [0, 0.05) is 5.41 Å². The molecule has 0 aromatic rings. The van der Waals surface area contributed by atoms with Crippen LogP contribution in [-0.4, -0.2) is 11.2 Å². The fourth-order valence-corrected chi connectivity index (χ4v) is 5.72. The molecule has 222 valence electrons. The largest absolute Gasteiger partial charge is 0.392 e. The zero-order valence-electron chi connectivity index (χ0n) is 27.6. The third-order valence-electron chi connectivity index (χ3n) is 8.61. The summed E-state index contributed by atoms with van der Waals surface area (Å²) in [6, 6.07) is 0. The molecule has 2 aliphatic rings. The van der Waals surface area contributed by atoms with Gasteiger partial charge in [-0.1, -0.05) is 146 Å². The van der Waals surface area contributed by atoms with Crippen molar-refractivity contribution in [2.45, 2.75) is 107 Å². The third-order valence-corrected chi connectivity index (χ3v) is 8.61. The standard InChI is InChI=1S/C40H56O/c1-30(18-13-20-32(3)23-26-36-34(5)22-15-29-39(36,7)8)16-11-12-17-31(2)19-14-21-33(4)24-27-37-35(6)25-28-38(41)40(37,9)10/h11-14,16-21,23-24,26-27,38,41H,15,22,25,28-29H2,1-10H3/b12-11+,18-13?,19-14+,26-23?,27-24+,30-16?,31-17+,32-20?,33-21+. The minimum atomic E-state index is -0.277. The number of hydrogen-bond donors (Lipinski definition) is 1. The molecule has 0 spiro atoms. The Labute approximate surface area is 252 Å². The molecule has 1 nitrogen and oxygen atoms in total. The van der Waals surface area contributed by atoms with E-state index in [4.69, 9.17) is 0 Å². The van der Waals surface area contributed by atoms with Crippen LogP contribution < -0.4 is 0 Å². The Kier molecular flexibility index (Phi) is 13.3. The van der Waals surface area contributed by atoms with E-state index in [1.165, 1.54) is 58.3 Å². The maximum Gasteiger partial charge on any atom is 0.0634 e. The molecule has 0 saturated carbocycles. The first kappa shape index (κ1) is 34.3. The first-order valence-corrected chi connectivity index (χ1v) is 15.4. The van der Waals surface area contributed by atoms with E-state index in [1.807, 2.05) is 0 Å². The molecule has 1 unspecified atom stereocenters. The first-order valence-electron chi connectivity index (χ1n) is 15.4. The quantitative estimate of drug-likeness (QED) is 0.267. The Morgan fingerprint density at radius 3 is 1.59 bits per heavy atom. The van der Waals surface area contributed by atoms with Crippen LogP contribution in [0.4, 0.5) is 0 Å². The number of allylic oxidation sites excluding steroid dienone is 21. The van der Waals surface area contributed by atoms with Crippen LogP contribution in [0.15, 0.2) is 130 Å². The smallest absolute Gasteiger partial charge is 0.0634 e. The van der Waals surface area contributed by atoms with Gasteiger partial charge in [-0.2, -0.15) is 0 Å². The molecule has 0 aromatic heterocycles. The van der Waals surface area contributed by atoms with Crippen LogP contribution in [-0.2, 0) is 0 Å². The van der Waals surface area contributed by atoms with Gasteiger partial charge in [-0.25, -0.2) is 0 Å². The fourth-order valence-electron chi connectivity index (χ4n) is 5.72.